The van der Waals surface area contributed by atoms with Crippen molar-refractivity contribution in [3.8, 4) is 17.2 Å². The number of carboxylic acid groups (broad SMARTS) is 1. The van der Waals surface area contributed by atoms with E-state index in [-0.39, 0.29) is 11.1 Å². The van der Waals surface area contributed by atoms with E-state index >= 15 is 0 Å². The Hall–Kier alpha value is -4.13. The molecule has 0 fully saturated rings. The van der Waals surface area contributed by atoms with Crippen molar-refractivity contribution in [1.82, 2.24) is 4.90 Å². The van der Waals surface area contributed by atoms with Crippen LogP contribution in [0.3, 0.4) is 0 Å². The number of ether oxygens (including phenoxy) is 2. The molecule has 4 rings (SSSR count). The second kappa shape index (κ2) is 8.08. The van der Waals surface area contributed by atoms with Crippen LogP contribution in [0.4, 0.5) is 0 Å². The van der Waals surface area contributed by atoms with Gasteiger partial charge >= 0.3 is 5.97 Å². The molecule has 0 saturated heterocycles. The molecule has 1 N–H and O–H groups in total. The van der Waals surface area contributed by atoms with Crippen molar-refractivity contribution in [2.75, 3.05) is 6.54 Å². The van der Waals surface area contributed by atoms with Crippen LogP contribution in [0.15, 0.2) is 72.8 Å². The first kappa shape index (κ1) is 19.2. The first-order chi connectivity index (χ1) is 14.5. The number of amides is 2. The lowest BCUT2D eigenvalue weighted by molar-refractivity contribution is -0.137. The van der Waals surface area contributed by atoms with Gasteiger partial charge in [-0.2, -0.15) is 0 Å². The Morgan fingerprint density at radius 1 is 0.800 bits per heavy atom. The summed E-state index contributed by atoms with van der Waals surface area (Å²) < 4.78 is 11.5. The molecule has 3 aromatic carbocycles. The zero-order valence-electron chi connectivity index (χ0n) is 15.8. The maximum atomic E-state index is 12.4. The monoisotopic (exact) mass is 403 g/mol. The Balaban J connectivity index is 1.43. The lowest BCUT2D eigenvalue weighted by atomic mass is 10.1. The molecule has 0 atom stereocenters. The first-order valence-electron chi connectivity index (χ1n) is 9.18. The molecule has 30 heavy (non-hydrogen) atoms. The largest absolute Gasteiger partial charge is 0.489 e. The van der Waals surface area contributed by atoms with E-state index in [1.165, 1.54) is 12.1 Å². The number of imide groups is 1. The lowest BCUT2D eigenvalue weighted by Crippen LogP contribution is -2.34. The smallest absolute Gasteiger partial charge is 0.323 e. The van der Waals surface area contributed by atoms with Gasteiger partial charge in [-0.25, -0.2) is 0 Å². The number of aliphatic carboxylic acids is 1. The van der Waals surface area contributed by atoms with E-state index in [1.54, 1.807) is 30.3 Å². The minimum Gasteiger partial charge on any atom is -0.489 e. The molecule has 1 aliphatic heterocycles. The van der Waals surface area contributed by atoms with Gasteiger partial charge in [0.25, 0.3) is 11.8 Å². The van der Waals surface area contributed by atoms with Crippen LogP contribution in [0.2, 0.25) is 0 Å². The summed E-state index contributed by atoms with van der Waals surface area (Å²) in [6, 6.07) is 21.3. The summed E-state index contributed by atoms with van der Waals surface area (Å²) in [4.78, 5) is 36.1. The Morgan fingerprint density at radius 2 is 1.43 bits per heavy atom. The number of hydrogen-bond donors (Lipinski definition) is 1. The molecule has 1 aliphatic rings. The van der Waals surface area contributed by atoms with E-state index in [0.29, 0.717) is 28.8 Å². The minimum absolute atomic E-state index is 0.126. The average molecular weight is 403 g/mol. The fourth-order valence-electron chi connectivity index (χ4n) is 3.09. The summed E-state index contributed by atoms with van der Waals surface area (Å²) in [6.07, 6.45) is 0. The maximum Gasteiger partial charge on any atom is 0.323 e. The summed E-state index contributed by atoms with van der Waals surface area (Å²) in [5.41, 5.74) is 1.35. The first-order valence-corrected chi connectivity index (χ1v) is 9.18. The number of carbonyl (C=O) groups is 3. The highest BCUT2D eigenvalue weighted by Gasteiger charge is 2.36. The summed E-state index contributed by atoms with van der Waals surface area (Å²) in [6.45, 7) is -0.220. The molecule has 0 unspecified atom stereocenters. The maximum absolute atomic E-state index is 12.4. The number of hydrogen-bond acceptors (Lipinski definition) is 5. The molecule has 0 aliphatic carbocycles. The summed E-state index contributed by atoms with van der Waals surface area (Å²) in [5.74, 6) is -0.941. The number of carboxylic acids is 1. The normalized spacial score (nSPS) is 12.6. The molecule has 2 amide bonds. The second-order valence-corrected chi connectivity index (χ2v) is 6.65. The van der Waals surface area contributed by atoms with Crippen LogP contribution in [-0.4, -0.2) is 34.3 Å². The van der Waals surface area contributed by atoms with Gasteiger partial charge in [-0.1, -0.05) is 30.3 Å². The van der Waals surface area contributed by atoms with Gasteiger partial charge in [0.2, 0.25) is 0 Å². The predicted octanol–water partition coefficient (Wildman–Crippen LogP) is 3.74. The summed E-state index contributed by atoms with van der Waals surface area (Å²) >= 11 is 0. The fraction of sp³-hybridized carbons (Fsp3) is 0.0870. The molecule has 7 nitrogen and oxygen atoms in total. The van der Waals surface area contributed by atoms with Crippen LogP contribution in [-0.2, 0) is 11.4 Å². The van der Waals surface area contributed by atoms with Crippen molar-refractivity contribution in [3.05, 3.63) is 89.5 Å². The predicted molar refractivity (Wildman–Crippen MR) is 107 cm³/mol. The third kappa shape index (κ3) is 4.00. The van der Waals surface area contributed by atoms with Crippen molar-refractivity contribution in [1.29, 1.82) is 0 Å². The standard InChI is InChI=1S/C23H17NO6/c25-21(26)13-24-22(27)19-11-10-18(12-20(19)23(24)28)30-17-8-6-16(7-9-17)29-14-15-4-2-1-3-5-15/h1-12H,13-14H2,(H,25,26). The van der Waals surface area contributed by atoms with Gasteiger partial charge in [-0.3, -0.25) is 19.3 Å². The zero-order chi connectivity index (χ0) is 21.1. The van der Waals surface area contributed by atoms with Gasteiger partial charge in [-0.05, 0) is 48.0 Å². The Labute approximate surface area is 172 Å². The van der Waals surface area contributed by atoms with Gasteiger partial charge < -0.3 is 14.6 Å². The summed E-state index contributed by atoms with van der Waals surface area (Å²) in [5, 5.41) is 8.88. The van der Waals surface area contributed by atoms with Gasteiger partial charge in [0.05, 0.1) is 11.1 Å². The molecule has 0 spiro atoms. The van der Waals surface area contributed by atoms with E-state index in [2.05, 4.69) is 0 Å². The molecule has 150 valence electrons. The molecule has 0 saturated carbocycles. The number of nitrogens with zero attached hydrogens (tertiary/aromatic N) is 1. The van der Waals surface area contributed by atoms with Crippen molar-refractivity contribution in [2.45, 2.75) is 6.61 Å². The molecule has 1 heterocycles. The Kier molecular flexibility index (Phi) is 5.17. The molecule has 0 bridgehead atoms. The highest BCUT2D eigenvalue weighted by molar-refractivity contribution is 6.22. The van der Waals surface area contributed by atoms with E-state index < -0.39 is 24.3 Å². The van der Waals surface area contributed by atoms with Gasteiger partial charge in [0, 0.05) is 0 Å². The van der Waals surface area contributed by atoms with Crippen LogP contribution in [0.25, 0.3) is 0 Å². The Morgan fingerprint density at radius 3 is 2.13 bits per heavy atom. The van der Waals surface area contributed by atoms with Crippen LogP contribution in [0.1, 0.15) is 26.3 Å². The minimum atomic E-state index is -1.25. The van der Waals surface area contributed by atoms with Crippen LogP contribution < -0.4 is 9.47 Å². The van der Waals surface area contributed by atoms with Crippen molar-refractivity contribution in [2.24, 2.45) is 0 Å². The second-order valence-electron chi connectivity index (χ2n) is 6.65. The molecule has 7 heteroatoms. The van der Waals surface area contributed by atoms with Crippen LogP contribution >= 0.6 is 0 Å². The average Bonchev–Trinajstić information content (AvgIpc) is 2.98. The van der Waals surface area contributed by atoms with Crippen LogP contribution in [0.5, 0.6) is 17.2 Å². The highest BCUT2D eigenvalue weighted by atomic mass is 16.5. The van der Waals surface area contributed by atoms with E-state index in [9.17, 15) is 14.4 Å². The van der Waals surface area contributed by atoms with Crippen molar-refractivity contribution in [3.63, 3.8) is 0 Å². The molecule has 0 radical (unpaired) electrons. The molecule has 0 aromatic heterocycles. The molecular formula is C23H17NO6. The van der Waals surface area contributed by atoms with Crippen molar-refractivity contribution < 1.29 is 29.0 Å². The van der Waals surface area contributed by atoms with Gasteiger partial charge in [0.15, 0.2) is 0 Å². The number of carbonyl (C=O) groups excluding carboxylic acids is 2. The van der Waals surface area contributed by atoms with E-state index in [4.69, 9.17) is 14.6 Å². The summed E-state index contributed by atoms with van der Waals surface area (Å²) in [7, 11) is 0. The quantitative estimate of drug-likeness (QED) is 0.604. The SMILES string of the molecule is O=C(O)CN1C(=O)c2ccc(Oc3ccc(OCc4ccccc4)cc3)cc2C1=O. The number of fused-ring (bicyclic) bond motifs is 1. The van der Waals surface area contributed by atoms with Crippen LogP contribution in [0, 0.1) is 0 Å². The molecule has 3 aromatic rings. The van der Waals surface area contributed by atoms with Crippen molar-refractivity contribution >= 4 is 17.8 Å². The Bertz CT molecular complexity index is 1110. The number of benzene rings is 3. The zero-order valence-corrected chi connectivity index (χ0v) is 15.8. The van der Waals surface area contributed by atoms with Gasteiger partial charge in [-0.15, -0.1) is 0 Å². The number of rotatable bonds is 7. The van der Waals surface area contributed by atoms with Gasteiger partial charge in [0.1, 0.15) is 30.4 Å². The fourth-order valence-corrected chi connectivity index (χ4v) is 3.09. The van der Waals surface area contributed by atoms with E-state index in [1.807, 2.05) is 30.3 Å². The lowest BCUT2D eigenvalue weighted by Gasteiger charge is -2.09. The third-order valence-electron chi connectivity index (χ3n) is 4.54. The van der Waals surface area contributed by atoms with E-state index in [0.717, 1.165) is 5.56 Å². The topological polar surface area (TPSA) is 93.1 Å². The third-order valence-corrected chi connectivity index (χ3v) is 4.54. The molecular weight excluding hydrogens is 386 g/mol. The highest BCUT2D eigenvalue weighted by Crippen LogP contribution is 2.30.